The number of rotatable bonds is 3. The van der Waals surface area contributed by atoms with Crippen molar-refractivity contribution in [3.05, 3.63) is 17.0 Å². The Morgan fingerprint density at radius 1 is 1.37 bits per heavy atom. The summed E-state index contributed by atoms with van der Waals surface area (Å²) in [5.41, 5.74) is -0.899. The van der Waals surface area contributed by atoms with Crippen LogP contribution in [0.4, 0.5) is 19.0 Å². The number of hydrogen-bond donors (Lipinski definition) is 1. The van der Waals surface area contributed by atoms with Gasteiger partial charge in [0.25, 0.3) is 0 Å². The molecule has 8 heteroatoms. The Labute approximate surface area is 113 Å². The van der Waals surface area contributed by atoms with Gasteiger partial charge in [-0.2, -0.15) is 13.2 Å². The van der Waals surface area contributed by atoms with Crippen LogP contribution in [0, 0.1) is 5.92 Å². The first kappa shape index (κ1) is 14.3. The van der Waals surface area contributed by atoms with E-state index in [1.165, 1.54) is 0 Å². The minimum Gasteiger partial charge on any atom is -0.381 e. The normalized spacial score (nSPS) is 17.5. The Morgan fingerprint density at radius 3 is 2.68 bits per heavy atom. The summed E-state index contributed by atoms with van der Waals surface area (Å²) in [6.07, 6.45) is -2.15. The van der Waals surface area contributed by atoms with Crippen molar-refractivity contribution in [2.24, 2.45) is 5.92 Å². The molecule has 4 nitrogen and oxygen atoms in total. The summed E-state index contributed by atoms with van der Waals surface area (Å²) in [5.74, 6) is 0.0163. The predicted molar refractivity (Wildman–Crippen MR) is 64.1 cm³/mol. The van der Waals surface area contributed by atoms with E-state index in [-0.39, 0.29) is 17.0 Å². The molecule has 1 aromatic heterocycles. The SMILES string of the molecule is FC(F)(F)c1cnc(Cl)nc1NCC1CCOCC1. The molecule has 0 unspecified atom stereocenters. The van der Waals surface area contributed by atoms with Crippen molar-refractivity contribution < 1.29 is 17.9 Å². The van der Waals surface area contributed by atoms with Crippen LogP contribution in [-0.2, 0) is 10.9 Å². The molecule has 1 saturated heterocycles. The molecule has 2 heterocycles. The topological polar surface area (TPSA) is 47.0 Å². The van der Waals surface area contributed by atoms with Crippen molar-refractivity contribution in [3.8, 4) is 0 Å². The maximum absolute atomic E-state index is 12.8. The minimum atomic E-state index is -4.50. The maximum atomic E-state index is 12.8. The first-order valence-corrected chi connectivity index (χ1v) is 6.26. The highest BCUT2D eigenvalue weighted by molar-refractivity contribution is 6.28. The molecule has 0 aromatic carbocycles. The number of aromatic nitrogens is 2. The summed E-state index contributed by atoms with van der Waals surface area (Å²) in [4.78, 5) is 6.99. The first-order chi connectivity index (χ1) is 8.97. The summed E-state index contributed by atoms with van der Waals surface area (Å²) in [6.45, 7) is 1.70. The molecule has 0 amide bonds. The Hall–Kier alpha value is -1.08. The molecule has 19 heavy (non-hydrogen) atoms. The second kappa shape index (κ2) is 5.92. The molecule has 1 N–H and O–H groups in total. The van der Waals surface area contributed by atoms with Crippen LogP contribution >= 0.6 is 11.6 Å². The highest BCUT2D eigenvalue weighted by Gasteiger charge is 2.35. The summed E-state index contributed by atoms with van der Waals surface area (Å²) in [6, 6.07) is 0. The number of anilines is 1. The van der Waals surface area contributed by atoms with Crippen molar-refractivity contribution >= 4 is 17.4 Å². The van der Waals surface area contributed by atoms with Crippen LogP contribution in [0.2, 0.25) is 5.28 Å². The number of alkyl halides is 3. The van der Waals surface area contributed by atoms with Gasteiger partial charge in [-0.15, -0.1) is 0 Å². The van der Waals surface area contributed by atoms with Gasteiger partial charge in [-0.1, -0.05) is 0 Å². The van der Waals surface area contributed by atoms with Gasteiger partial charge in [-0.05, 0) is 30.4 Å². The average molecular weight is 296 g/mol. The fourth-order valence-corrected chi connectivity index (χ4v) is 2.03. The third-order valence-electron chi connectivity index (χ3n) is 2.96. The lowest BCUT2D eigenvalue weighted by molar-refractivity contribution is -0.137. The monoisotopic (exact) mass is 295 g/mol. The van der Waals surface area contributed by atoms with E-state index in [1.807, 2.05) is 0 Å². The zero-order chi connectivity index (χ0) is 13.9. The fraction of sp³-hybridized carbons (Fsp3) is 0.636. The molecule has 0 spiro atoms. The molecule has 106 valence electrons. The molecule has 0 saturated carbocycles. The smallest absolute Gasteiger partial charge is 0.381 e. The van der Waals surface area contributed by atoms with Gasteiger partial charge in [0.1, 0.15) is 11.4 Å². The molecule has 1 aliphatic rings. The molecule has 1 fully saturated rings. The van der Waals surface area contributed by atoms with E-state index >= 15 is 0 Å². The van der Waals surface area contributed by atoms with Crippen LogP contribution < -0.4 is 5.32 Å². The van der Waals surface area contributed by atoms with E-state index in [2.05, 4.69) is 15.3 Å². The molecule has 0 bridgehead atoms. The maximum Gasteiger partial charge on any atom is 0.421 e. The fourth-order valence-electron chi connectivity index (χ4n) is 1.89. The highest BCUT2D eigenvalue weighted by Crippen LogP contribution is 2.34. The van der Waals surface area contributed by atoms with Crippen LogP contribution in [0.3, 0.4) is 0 Å². The molecule has 0 aliphatic carbocycles. The number of halogens is 4. The van der Waals surface area contributed by atoms with Crippen LogP contribution in [-0.4, -0.2) is 29.7 Å². The number of ether oxygens (including phenoxy) is 1. The van der Waals surface area contributed by atoms with E-state index in [0.29, 0.717) is 26.0 Å². The lowest BCUT2D eigenvalue weighted by Crippen LogP contribution is -2.24. The lowest BCUT2D eigenvalue weighted by Gasteiger charge is -2.23. The van der Waals surface area contributed by atoms with Crippen molar-refractivity contribution in [1.82, 2.24) is 9.97 Å². The van der Waals surface area contributed by atoms with Gasteiger partial charge in [0, 0.05) is 26.0 Å². The number of hydrogen-bond acceptors (Lipinski definition) is 4. The average Bonchev–Trinajstić information content (AvgIpc) is 2.36. The van der Waals surface area contributed by atoms with Crippen molar-refractivity contribution in [1.29, 1.82) is 0 Å². The largest absolute Gasteiger partial charge is 0.421 e. The highest BCUT2D eigenvalue weighted by atomic mass is 35.5. The molecule has 2 rings (SSSR count). The van der Waals surface area contributed by atoms with Crippen molar-refractivity contribution in [2.75, 3.05) is 25.1 Å². The van der Waals surface area contributed by atoms with E-state index in [1.54, 1.807) is 0 Å². The first-order valence-electron chi connectivity index (χ1n) is 5.88. The van der Waals surface area contributed by atoms with Crippen molar-refractivity contribution in [3.63, 3.8) is 0 Å². The van der Waals surface area contributed by atoms with E-state index in [4.69, 9.17) is 16.3 Å². The lowest BCUT2D eigenvalue weighted by atomic mass is 10.0. The quantitative estimate of drug-likeness (QED) is 0.871. The van der Waals surface area contributed by atoms with Gasteiger partial charge in [-0.3, -0.25) is 0 Å². The van der Waals surface area contributed by atoms with Crippen LogP contribution in [0.25, 0.3) is 0 Å². The molecule has 1 aromatic rings. The Bertz CT molecular complexity index is 436. The van der Waals surface area contributed by atoms with E-state index in [9.17, 15) is 13.2 Å². The summed E-state index contributed by atoms with van der Waals surface area (Å²) >= 11 is 5.54. The molecule has 1 aliphatic heterocycles. The van der Waals surface area contributed by atoms with Gasteiger partial charge in [0.2, 0.25) is 5.28 Å². The van der Waals surface area contributed by atoms with Crippen LogP contribution in [0.1, 0.15) is 18.4 Å². The predicted octanol–water partition coefficient (Wildman–Crippen LogP) is 2.99. The molecular formula is C11H13ClF3N3O. The second-order valence-corrected chi connectivity index (χ2v) is 4.67. The number of nitrogens with one attached hydrogen (secondary N) is 1. The number of nitrogens with zero attached hydrogens (tertiary/aromatic N) is 2. The third-order valence-corrected chi connectivity index (χ3v) is 3.15. The second-order valence-electron chi connectivity index (χ2n) is 4.34. The minimum absolute atomic E-state index is 0.206. The van der Waals surface area contributed by atoms with E-state index in [0.717, 1.165) is 12.8 Å². The summed E-state index contributed by atoms with van der Waals surface area (Å²) in [7, 11) is 0. The molecule has 0 radical (unpaired) electrons. The summed E-state index contributed by atoms with van der Waals surface area (Å²) in [5, 5.41) is 2.51. The zero-order valence-corrected chi connectivity index (χ0v) is 10.8. The molecular weight excluding hydrogens is 283 g/mol. The van der Waals surface area contributed by atoms with Gasteiger partial charge in [-0.25, -0.2) is 9.97 Å². The van der Waals surface area contributed by atoms with Gasteiger partial charge >= 0.3 is 6.18 Å². The molecule has 0 atom stereocenters. The van der Waals surface area contributed by atoms with Crippen LogP contribution in [0.15, 0.2) is 6.20 Å². The third kappa shape index (κ3) is 3.94. The van der Waals surface area contributed by atoms with Gasteiger partial charge in [0.05, 0.1) is 0 Å². The Balaban J connectivity index is 2.07. The van der Waals surface area contributed by atoms with Gasteiger partial charge < -0.3 is 10.1 Å². The summed E-state index contributed by atoms with van der Waals surface area (Å²) < 4.78 is 43.5. The Kier molecular flexibility index (Phi) is 4.46. The Morgan fingerprint density at radius 2 is 2.05 bits per heavy atom. The van der Waals surface area contributed by atoms with E-state index < -0.39 is 11.7 Å². The zero-order valence-electron chi connectivity index (χ0n) is 10.0. The van der Waals surface area contributed by atoms with Crippen LogP contribution in [0.5, 0.6) is 0 Å². The van der Waals surface area contributed by atoms with Crippen molar-refractivity contribution in [2.45, 2.75) is 19.0 Å². The standard InChI is InChI=1S/C11H13ClF3N3O/c12-10-17-6-8(11(13,14)15)9(18-10)16-5-7-1-3-19-4-2-7/h6-7H,1-5H2,(H,16,17,18). The van der Waals surface area contributed by atoms with Gasteiger partial charge in [0.15, 0.2) is 0 Å².